The molecule has 4 rings (SSSR count). The van der Waals surface area contributed by atoms with Crippen molar-refractivity contribution in [2.45, 2.75) is 12.5 Å². The summed E-state index contributed by atoms with van der Waals surface area (Å²) in [7, 11) is 1.62. The number of benzene rings is 2. The predicted molar refractivity (Wildman–Crippen MR) is 118 cm³/mol. The molecule has 0 spiro atoms. The highest BCUT2D eigenvalue weighted by molar-refractivity contribution is 5.98. The van der Waals surface area contributed by atoms with Crippen LogP contribution < -0.4 is 4.74 Å². The first-order chi connectivity index (χ1) is 15.1. The van der Waals surface area contributed by atoms with Gasteiger partial charge in [0.05, 0.1) is 7.11 Å². The van der Waals surface area contributed by atoms with Crippen molar-refractivity contribution in [3.05, 3.63) is 71.8 Å². The first-order valence-corrected chi connectivity index (χ1v) is 10.3. The van der Waals surface area contributed by atoms with Crippen LogP contribution in [0.15, 0.2) is 65.7 Å². The number of ether oxygens (including phenoxy) is 2. The van der Waals surface area contributed by atoms with Crippen LogP contribution in [0.4, 0.5) is 0 Å². The van der Waals surface area contributed by atoms with E-state index in [1.165, 1.54) is 0 Å². The zero-order chi connectivity index (χ0) is 21.6. The van der Waals surface area contributed by atoms with Gasteiger partial charge in [-0.05, 0) is 29.3 Å². The molecule has 0 N–H and O–H groups in total. The van der Waals surface area contributed by atoms with Crippen LogP contribution >= 0.6 is 0 Å². The van der Waals surface area contributed by atoms with Crippen molar-refractivity contribution in [1.29, 1.82) is 0 Å². The predicted octanol–water partition coefficient (Wildman–Crippen LogP) is 2.38. The lowest BCUT2D eigenvalue weighted by molar-refractivity contribution is -0.127. The van der Waals surface area contributed by atoms with Crippen LogP contribution in [0.25, 0.3) is 6.08 Å². The Morgan fingerprint density at radius 2 is 1.81 bits per heavy atom. The van der Waals surface area contributed by atoms with Gasteiger partial charge in [-0.3, -0.25) is 9.59 Å². The largest absolute Gasteiger partial charge is 0.497 e. The number of hydrogen-bond donors (Lipinski definition) is 0. The molecule has 1 saturated heterocycles. The fourth-order valence-electron chi connectivity index (χ4n) is 3.58. The minimum Gasteiger partial charge on any atom is -0.497 e. The summed E-state index contributed by atoms with van der Waals surface area (Å²) >= 11 is 0. The number of amidine groups is 1. The second-order valence-electron chi connectivity index (χ2n) is 7.45. The van der Waals surface area contributed by atoms with Gasteiger partial charge in [0.2, 0.25) is 5.91 Å². The van der Waals surface area contributed by atoms with Gasteiger partial charge in [0.25, 0.3) is 11.9 Å². The van der Waals surface area contributed by atoms with Crippen molar-refractivity contribution in [3.63, 3.8) is 0 Å². The second-order valence-corrected chi connectivity index (χ2v) is 7.45. The number of nitrogens with zero attached hydrogens (tertiary/aromatic N) is 3. The summed E-state index contributed by atoms with van der Waals surface area (Å²) in [6.07, 6.45) is 3.30. The van der Waals surface area contributed by atoms with Crippen LogP contribution in [0.5, 0.6) is 5.75 Å². The first-order valence-electron chi connectivity index (χ1n) is 10.3. The van der Waals surface area contributed by atoms with Crippen molar-refractivity contribution in [2.24, 2.45) is 4.99 Å². The molecule has 1 atom stereocenters. The molecular weight excluding hydrogens is 394 g/mol. The quantitative estimate of drug-likeness (QED) is 0.696. The standard InChI is InChI=1S/C24H25N3O4/c1-30-20-10-7-18(8-11-20)9-12-22(28)26-13-15-27(16-14-26)24-25-23(29)21(31-24)17-19-5-3-2-4-6-19/h2-12,21H,13-17H2,1H3/b12-9+. The Morgan fingerprint density at radius 1 is 1.10 bits per heavy atom. The van der Waals surface area contributed by atoms with E-state index < -0.39 is 6.10 Å². The van der Waals surface area contributed by atoms with Crippen molar-refractivity contribution < 1.29 is 19.1 Å². The summed E-state index contributed by atoms with van der Waals surface area (Å²) in [6, 6.07) is 17.7. The van der Waals surface area contributed by atoms with Crippen LogP contribution in [0.3, 0.4) is 0 Å². The molecule has 2 amide bonds. The Hall–Kier alpha value is -3.61. The maximum absolute atomic E-state index is 12.5. The molecule has 2 aromatic carbocycles. The highest BCUT2D eigenvalue weighted by Crippen LogP contribution is 2.17. The number of carbonyl (C=O) groups is 2. The molecule has 0 saturated carbocycles. The molecule has 0 aliphatic carbocycles. The van der Waals surface area contributed by atoms with Crippen LogP contribution in [-0.4, -0.2) is 67.0 Å². The summed E-state index contributed by atoms with van der Waals surface area (Å²) in [4.78, 5) is 32.6. The number of rotatable bonds is 5. The van der Waals surface area contributed by atoms with Gasteiger partial charge in [-0.1, -0.05) is 42.5 Å². The van der Waals surface area contributed by atoms with Crippen molar-refractivity contribution in [3.8, 4) is 5.75 Å². The van der Waals surface area contributed by atoms with E-state index in [0.717, 1.165) is 16.9 Å². The molecule has 31 heavy (non-hydrogen) atoms. The normalized spacial score (nSPS) is 18.8. The number of carbonyl (C=O) groups excluding carboxylic acids is 2. The molecule has 0 bridgehead atoms. The van der Waals surface area contributed by atoms with E-state index in [1.807, 2.05) is 59.5 Å². The number of piperazine rings is 1. The number of hydrogen-bond acceptors (Lipinski definition) is 5. The smallest absolute Gasteiger partial charge is 0.296 e. The molecule has 1 unspecified atom stereocenters. The highest BCUT2D eigenvalue weighted by atomic mass is 16.5. The molecule has 2 aromatic rings. The zero-order valence-electron chi connectivity index (χ0n) is 17.4. The molecule has 1 fully saturated rings. The molecule has 7 heteroatoms. The average molecular weight is 419 g/mol. The highest BCUT2D eigenvalue weighted by Gasteiger charge is 2.33. The lowest BCUT2D eigenvalue weighted by Crippen LogP contribution is -2.50. The fraction of sp³-hybridized carbons (Fsp3) is 0.292. The molecule has 0 aromatic heterocycles. The van der Waals surface area contributed by atoms with Gasteiger partial charge < -0.3 is 19.3 Å². The van der Waals surface area contributed by atoms with Gasteiger partial charge in [0.1, 0.15) is 5.75 Å². The monoisotopic (exact) mass is 419 g/mol. The van der Waals surface area contributed by atoms with Crippen molar-refractivity contribution >= 4 is 23.9 Å². The molecule has 2 heterocycles. The minimum absolute atomic E-state index is 0.0391. The van der Waals surface area contributed by atoms with E-state index in [-0.39, 0.29) is 11.8 Å². The van der Waals surface area contributed by atoms with Crippen LogP contribution in [0.2, 0.25) is 0 Å². The van der Waals surface area contributed by atoms with E-state index in [4.69, 9.17) is 9.47 Å². The molecule has 160 valence electrons. The van der Waals surface area contributed by atoms with Gasteiger partial charge in [-0.15, -0.1) is 0 Å². The van der Waals surface area contributed by atoms with Gasteiger partial charge in [0.15, 0.2) is 6.10 Å². The third-order valence-corrected chi connectivity index (χ3v) is 5.39. The van der Waals surface area contributed by atoms with Gasteiger partial charge in [-0.2, -0.15) is 4.99 Å². The molecule has 0 radical (unpaired) electrons. The Labute approximate surface area is 181 Å². The number of methoxy groups -OCH3 is 1. The number of amides is 2. The topological polar surface area (TPSA) is 71.4 Å². The molecule has 7 nitrogen and oxygen atoms in total. The summed E-state index contributed by atoms with van der Waals surface area (Å²) in [6.45, 7) is 2.25. The zero-order valence-corrected chi connectivity index (χ0v) is 17.4. The summed E-state index contributed by atoms with van der Waals surface area (Å²) in [5, 5.41) is 0. The second kappa shape index (κ2) is 9.47. The number of aliphatic imine (C=N–C) groups is 1. The van der Waals surface area contributed by atoms with Crippen LogP contribution in [-0.2, 0) is 20.7 Å². The Bertz CT molecular complexity index is 978. The average Bonchev–Trinajstić information content (AvgIpc) is 3.18. The molecule has 2 aliphatic heterocycles. The summed E-state index contributed by atoms with van der Waals surface area (Å²) < 4.78 is 11.0. The third-order valence-electron chi connectivity index (χ3n) is 5.39. The fourth-order valence-corrected chi connectivity index (χ4v) is 3.58. The SMILES string of the molecule is COc1ccc(/C=C/C(=O)N2CCN(C3=NC(=O)C(Cc4ccccc4)O3)CC2)cc1. The summed E-state index contributed by atoms with van der Waals surface area (Å²) in [5.41, 5.74) is 1.97. The lowest BCUT2D eigenvalue weighted by Gasteiger charge is -2.34. The van der Waals surface area contributed by atoms with Crippen molar-refractivity contribution in [2.75, 3.05) is 33.3 Å². The van der Waals surface area contributed by atoms with E-state index in [2.05, 4.69) is 4.99 Å². The molecular formula is C24H25N3O4. The Morgan fingerprint density at radius 3 is 2.48 bits per heavy atom. The lowest BCUT2D eigenvalue weighted by atomic mass is 10.1. The maximum atomic E-state index is 12.5. The Balaban J connectivity index is 1.27. The summed E-state index contributed by atoms with van der Waals surface area (Å²) in [5.74, 6) is 0.490. The van der Waals surface area contributed by atoms with E-state index in [0.29, 0.717) is 38.6 Å². The minimum atomic E-state index is -0.579. The Kier molecular flexibility index (Phi) is 6.31. The first kappa shape index (κ1) is 20.7. The van der Waals surface area contributed by atoms with Gasteiger partial charge in [0, 0.05) is 38.7 Å². The van der Waals surface area contributed by atoms with Crippen LogP contribution in [0.1, 0.15) is 11.1 Å². The van der Waals surface area contributed by atoms with Gasteiger partial charge in [-0.25, -0.2) is 0 Å². The van der Waals surface area contributed by atoms with Crippen LogP contribution in [0, 0.1) is 0 Å². The van der Waals surface area contributed by atoms with E-state index in [1.54, 1.807) is 24.2 Å². The maximum Gasteiger partial charge on any atom is 0.296 e. The van der Waals surface area contributed by atoms with Crippen molar-refractivity contribution in [1.82, 2.24) is 9.80 Å². The molecule has 2 aliphatic rings. The third kappa shape index (κ3) is 5.12. The van der Waals surface area contributed by atoms with E-state index in [9.17, 15) is 9.59 Å². The van der Waals surface area contributed by atoms with Gasteiger partial charge >= 0.3 is 0 Å². The van der Waals surface area contributed by atoms with E-state index >= 15 is 0 Å².